The van der Waals surface area contributed by atoms with Crippen LogP contribution in [-0.2, 0) is 9.59 Å². The second kappa shape index (κ2) is 12.6. The quantitative estimate of drug-likeness (QED) is 0.248. The number of methoxy groups -OCH3 is 1. The van der Waals surface area contributed by atoms with Crippen molar-refractivity contribution in [1.29, 1.82) is 0 Å². The highest BCUT2D eigenvalue weighted by atomic mass is 35.5. The fraction of sp³-hybridized carbons (Fsp3) is 0.393. The summed E-state index contributed by atoms with van der Waals surface area (Å²) in [6.45, 7) is 3.92. The summed E-state index contributed by atoms with van der Waals surface area (Å²) in [5.74, 6) is -0.439. The van der Waals surface area contributed by atoms with Crippen LogP contribution in [0.2, 0.25) is 5.02 Å². The first-order chi connectivity index (χ1) is 18.3. The first kappa shape index (κ1) is 27.9. The molecule has 38 heavy (non-hydrogen) atoms. The molecule has 0 aliphatic heterocycles. The molecule has 0 radical (unpaired) electrons. The van der Waals surface area contributed by atoms with Crippen molar-refractivity contribution in [2.24, 2.45) is 5.92 Å². The molecule has 0 bridgehead atoms. The number of carbonyl (C=O) groups is 2. The zero-order valence-electron chi connectivity index (χ0n) is 21.7. The number of benzene rings is 1. The van der Waals surface area contributed by atoms with E-state index in [1.165, 1.54) is 41.5 Å². The van der Waals surface area contributed by atoms with E-state index < -0.39 is 11.9 Å². The van der Waals surface area contributed by atoms with Crippen LogP contribution in [0, 0.1) is 18.7 Å². The minimum Gasteiger partial charge on any atom is -0.494 e. The number of hydrogen-bond donors (Lipinski definition) is 2. The van der Waals surface area contributed by atoms with Gasteiger partial charge in [-0.3, -0.25) is 19.5 Å². The maximum Gasteiger partial charge on any atom is 0.247 e. The molecule has 1 aliphatic rings. The van der Waals surface area contributed by atoms with Gasteiger partial charge in [0.1, 0.15) is 6.04 Å². The van der Waals surface area contributed by atoms with Gasteiger partial charge in [-0.1, -0.05) is 37.3 Å². The zero-order valence-corrected chi connectivity index (χ0v) is 23.2. The molecule has 0 unspecified atom stereocenters. The third-order valence-electron chi connectivity index (χ3n) is 6.92. The lowest BCUT2D eigenvalue weighted by atomic mass is 9.97. The van der Waals surface area contributed by atoms with Crippen molar-refractivity contribution in [1.82, 2.24) is 4.98 Å². The van der Waals surface area contributed by atoms with Gasteiger partial charge in [0.15, 0.2) is 11.6 Å². The number of pyridine rings is 1. The molecule has 202 valence electrons. The number of nitrogens with one attached hydrogen (secondary N) is 2. The lowest BCUT2D eigenvalue weighted by Gasteiger charge is -2.28. The van der Waals surface area contributed by atoms with Gasteiger partial charge in [-0.2, -0.15) is 0 Å². The largest absolute Gasteiger partial charge is 0.494 e. The molecular formula is C28H32ClFN4O3S. The van der Waals surface area contributed by atoms with E-state index in [0.29, 0.717) is 28.0 Å². The monoisotopic (exact) mass is 558 g/mol. The van der Waals surface area contributed by atoms with Gasteiger partial charge >= 0.3 is 0 Å². The Morgan fingerprint density at radius 2 is 2.05 bits per heavy atom. The number of rotatable bonds is 11. The Morgan fingerprint density at radius 1 is 1.29 bits per heavy atom. The molecule has 7 nitrogen and oxygen atoms in total. The van der Waals surface area contributed by atoms with Crippen molar-refractivity contribution in [2.75, 3.05) is 22.6 Å². The summed E-state index contributed by atoms with van der Waals surface area (Å²) < 4.78 is 18.9. The summed E-state index contributed by atoms with van der Waals surface area (Å²) in [5, 5.41) is 7.52. The second-order valence-electron chi connectivity index (χ2n) is 9.58. The number of thiophene rings is 1. The van der Waals surface area contributed by atoms with Crippen LogP contribution in [0.1, 0.15) is 55.6 Å². The van der Waals surface area contributed by atoms with Crippen LogP contribution in [0.4, 0.5) is 20.8 Å². The van der Waals surface area contributed by atoms with Crippen LogP contribution in [-0.4, -0.2) is 30.5 Å². The number of amides is 2. The maximum atomic E-state index is 13.9. The van der Waals surface area contributed by atoms with Crippen LogP contribution in [0.5, 0.6) is 5.75 Å². The van der Waals surface area contributed by atoms with Gasteiger partial charge in [0.2, 0.25) is 12.3 Å². The Balaban J connectivity index is 1.56. The summed E-state index contributed by atoms with van der Waals surface area (Å²) in [4.78, 5) is 32.8. The standard InChI is InChI=1S/C28H32ClFN4O3S/c1-17-23(13-20(29)15-31-17)32-18(2)26-10-11-27(38-26)34(16-35)24(12-19-6-4-5-7-19)28(36)33-21-8-9-22(30)25(14-21)37-3/h8-11,13-16,18-19,24,32H,4-7,12H2,1-3H3,(H,33,36)/t18-,24-/m0/s1. The molecule has 2 amide bonds. The molecule has 1 aliphatic carbocycles. The van der Waals surface area contributed by atoms with E-state index >= 15 is 0 Å². The van der Waals surface area contributed by atoms with Crippen molar-refractivity contribution in [3.8, 4) is 5.75 Å². The van der Waals surface area contributed by atoms with Crippen molar-refractivity contribution in [3.05, 3.63) is 64.0 Å². The average molecular weight is 559 g/mol. The van der Waals surface area contributed by atoms with Gasteiger partial charge in [-0.15, -0.1) is 11.3 Å². The number of hydrogen-bond acceptors (Lipinski definition) is 6. The molecule has 1 saturated carbocycles. The number of carbonyl (C=O) groups excluding carboxylic acids is 2. The number of aryl methyl sites for hydroxylation is 1. The first-order valence-electron chi connectivity index (χ1n) is 12.7. The summed E-state index contributed by atoms with van der Waals surface area (Å²) in [6, 6.07) is 9.04. The molecule has 2 aromatic heterocycles. The Kier molecular flexibility index (Phi) is 9.22. The number of anilines is 3. The molecule has 10 heteroatoms. The highest BCUT2D eigenvalue weighted by Crippen LogP contribution is 2.36. The predicted molar refractivity (Wildman–Crippen MR) is 151 cm³/mol. The Bertz CT molecular complexity index is 1280. The molecule has 4 rings (SSSR count). The topological polar surface area (TPSA) is 83.6 Å². The molecule has 0 spiro atoms. The zero-order chi connectivity index (χ0) is 27.2. The van der Waals surface area contributed by atoms with E-state index in [4.69, 9.17) is 16.3 Å². The fourth-order valence-electron chi connectivity index (χ4n) is 4.82. The van der Waals surface area contributed by atoms with Crippen molar-refractivity contribution in [2.45, 2.75) is 58.0 Å². The second-order valence-corrected chi connectivity index (χ2v) is 11.1. The Morgan fingerprint density at radius 3 is 2.76 bits per heavy atom. The predicted octanol–water partition coefficient (Wildman–Crippen LogP) is 6.98. The van der Waals surface area contributed by atoms with Gasteiger partial charge < -0.3 is 15.4 Å². The van der Waals surface area contributed by atoms with Gasteiger partial charge in [0.25, 0.3) is 0 Å². The third-order valence-corrected chi connectivity index (χ3v) is 8.41. The SMILES string of the molecule is COc1cc(NC(=O)[C@H](CC2CCCC2)N(C=O)c2ccc([C@H](C)Nc3cc(Cl)cnc3C)s2)ccc1F. The van der Waals surface area contributed by atoms with Crippen molar-refractivity contribution >= 4 is 51.6 Å². The van der Waals surface area contributed by atoms with E-state index in [-0.39, 0.29) is 17.7 Å². The average Bonchev–Trinajstić information content (AvgIpc) is 3.60. The molecule has 1 fully saturated rings. The molecule has 3 aromatic rings. The van der Waals surface area contributed by atoms with Crippen LogP contribution in [0.25, 0.3) is 0 Å². The van der Waals surface area contributed by atoms with Gasteiger partial charge in [0, 0.05) is 22.8 Å². The Labute approximate surface area is 231 Å². The molecule has 0 saturated heterocycles. The maximum absolute atomic E-state index is 13.9. The third kappa shape index (κ3) is 6.63. The molecule has 2 atom stereocenters. The van der Waals surface area contributed by atoms with Gasteiger partial charge in [-0.05, 0) is 56.5 Å². The lowest BCUT2D eigenvalue weighted by molar-refractivity contribution is -0.119. The van der Waals surface area contributed by atoms with E-state index in [9.17, 15) is 14.0 Å². The van der Waals surface area contributed by atoms with Crippen LogP contribution >= 0.6 is 22.9 Å². The summed E-state index contributed by atoms with van der Waals surface area (Å²) in [5.41, 5.74) is 2.07. The van der Waals surface area contributed by atoms with E-state index in [2.05, 4.69) is 15.6 Å². The molecular weight excluding hydrogens is 527 g/mol. The van der Waals surface area contributed by atoms with Gasteiger partial charge in [-0.25, -0.2) is 4.39 Å². The molecule has 2 heterocycles. The summed E-state index contributed by atoms with van der Waals surface area (Å²) in [7, 11) is 1.37. The first-order valence-corrected chi connectivity index (χ1v) is 13.8. The highest BCUT2D eigenvalue weighted by Gasteiger charge is 2.32. The van der Waals surface area contributed by atoms with Crippen molar-refractivity contribution in [3.63, 3.8) is 0 Å². The Hall–Kier alpha value is -3.17. The van der Waals surface area contributed by atoms with E-state index in [1.54, 1.807) is 6.20 Å². The van der Waals surface area contributed by atoms with E-state index in [1.807, 2.05) is 32.0 Å². The minimum absolute atomic E-state index is 0.0388. The number of halogens is 2. The smallest absolute Gasteiger partial charge is 0.247 e. The number of ether oxygens (including phenoxy) is 1. The number of aromatic nitrogens is 1. The fourth-order valence-corrected chi connectivity index (χ4v) is 6.01. The van der Waals surface area contributed by atoms with Crippen LogP contribution in [0.3, 0.4) is 0 Å². The van der Waals surface area contributed by atoms with Gasteiger partial charge in [0.05, 0.1) is 34.6 Å². The highest BCUT2D eigenvalue weighted by molar-refractivity contribution is 7.16. The lowest BCUT2D eigenvalue weighted by Crippen LogP contribution is -2.44. The van der Waals surface area contributed by atoms with Crippen molar-refractivity contribution < 1.29 is 18.7 Å². The molecule has 1 aromatic carbocycles. The number of nitrogens with zero attached hydrogens (tertiary/aromatic N) is 2. The molecule has 2 N–H and O–H groups in total. The van der Waals surface area contributed by atoms with E-state index in [0.717, 1.165) is 48.4 Å². The summed E-state index contributed by atoms with van der Waals surface area (Å²) >= 11 is 7.57. The van der Waals surface area contributed by atoms with Crippen LogP contribution in [0.15, 0.2) is 42.6 Å². The minimum atomic E-state index is -0.708. The normalized spacial score (nSPS) is 15.1. The summed E-state index contributed by atoms with van der Waals surface area (Å²) in [6.07, 6.45) is 7.20. The van der Waals surface area contributed by atoms with Crippen LogP contribution < -0.4 is 20.3 Å².